The Hall–Kier alpha value is -2.48. The first-order chi connectivity index (χ1) is 13.2. The number of anilines is 2. The maximum atomic E-state index is 13.0. The average Bonchev–Trinajstić information content (AvgIpc) is 2.62. The predicted molar refractivity (Wildman–Crippen MR) is 115 cm³/mol. The zero-order valence-electron chi connectivity index (χ0n) is 16.8. The van der Waals surface area contributed by atoms with E-state index in [0.717, 1.165) is 4.90 Å². The first kappa shape index (κ1) is 21.8. The SMILES string of the molecule is CC(C)CN(C(=O)CSc1ccccc1)c1c(N)n(CC(C)C)c(=O)[nH]c1=O. The summed E-state index contributed by atoms with van der Waals surface area (Å²) in [5.74, 6) is 0.242. The van der Waals surface area contributed by atoms with E-state index in [-0.39, 0.29) is 35.0 Å². The Balaban J connectivity index is 2.40. The van der Waals surface area contributed by atoms with Gasteiger partial charge in [0.2, 0.25) is 5.91 Å². The molecule has 0 saturated heterocycles. The summed E-state index contributed by atoms with van der Waals surface area (Å²) in [5.41, 5.74) is 5.05. The number of hydrogen-bond donors (Lipinski definition) is 2. The average molecular weight is 405 g/mol. The number of carbonyl (C=O) groups is 1. The third-order valence-electron chi connectivity index (χ3n) is 3.99. The molecule has 8 heteroatoms. The van der Waals surface area contributed by atoms with Crippen molar-refractivity contribution >= 4 is 29.2 Å². The fourth-order valence-corrected chi connectivity index (χ4v) is 3.60. The maximum Gasteiger partial charge on any atom is 0.330 e. The third kappa shape index (κ3) is 5.51. The summed E-state index contributed by atoms with van der Waals surface area (Å²) in [7, 11) is 0. The number of nitrogen functional groups attached to an aromatic ring is 1. The number of benzene rings is 1. The molecule has 28 heavy (non-hydrogen) atoms. The number of amides is 1. The van der Waals surface area contributed by atoms with Crippen molar-refractivity contribution in [3.63, 3.8) is 0 Å². The molecular weight excluding hydrogens is 376 g/mol. The first-order valence-electron chi connectivity index (χ1n) is 9.31. The highest BCUT2D eigenvalue weighted by Crippen LogP contribution is 2.23. The summed E-state index contributed by atoms with van der Waals surface area (Å²) in [6.07, 6.45) is 0. The van der Waals surface area contributed by atoms with E-state index in [0.29, 0.717) is 13.1 Å². The van der Waals surface area contributed by atoms with Gasteiger partial charge in [-0.05, 0) is 24.0 Å². The number of aromatic amines is 1. The van der Waals surface area contributed by atoms with E-state index in [1.165, 1.54) is 21.2 Å². The van der Waals surface area contributed by atoms with Crippen molar-refractivity contribution in [3.8, 4) is 0 Å². The fourth-order valence-electron chi connectivity index (χ4n) is 2.81. The molecule has 0 aliphatic rings. The van der Waals surface area contributed by atoms with Crippen LogP contribution in [0.5, 0.6) is 0 Å². The lowest BCUT2D eigenvalue weighted by Crippen LogP contribution is -2.43. The Bertz CT molecular complexity index is 919. The Labute approximate surface area is 168 Å². The monoisotopic (exact) mass is 404 g/mol. The van der Waals surface area contributed by atoms with E-state index in [1.54, 1.807) is 0 Å². The van der Waals surface area contributed by atoms with Crippen molar-refractivity contribution in [3.05, 3.63) is 51.2 Å². The third-order valence-corrected chi connectivity index (χ3v) is 4.98. The minimum absolute atomic E-state index is 0.0289. The summed E-state index contributed by atoms with van der Waals surface area (Å²) < 4.78 is 1.33. The highest BCUT2D eigenvalue weighted by molar-refractivity contribution is 8.00. The summed E-state index contributed by atoms with van der Waals surface area (Å²) in [5, 5.41) is 0. The predicted octanol–water partition coefficient (Wildman–Crippen LogP) is 2.56. The van der Waals surface area contributed by atoms with Gasteiger partial charge < -0.3 is 10.6 Å². The Morgan fingerprint density at radius 1 is 1.14 bits per heavy atom. The number of hydrogen-bond acceptors (Lipinski definition) is 5. The Kier molecular flexibility index (Phi) is 7.51. The molecule has 0 unspecified atom stereocenters. The van der Waals surface area contributed by atoms with Crippen LogP contribution < -0.4 is 21.9 Å². The molecule has 1 aromatic carbocycles. The van der Waals surface area contributed by atoms with E-state index >= 15 is 0 Å². The molecular formula is C20H28N4O3S. The van der Waals surface area contributed by atoms with Crippen LogP contribution in [0.1, 0.15) is 27.7 Å². The second-order valence-electron chi connectivity index (χ2n) is 7.50. The minimum atomic E-state index is -0.638. The van der Waals surface area contributed by atoms with Crippen LogP contribution in [0, 0.1) is 11.8 Å². The maximum absolute atomic E-state index is 13.0. The van der Waals surface area contributed by atoms with Gasteiger partial charge in [0.15, 0.2) is 5.69 Å². The molecule has 1 heterocycles. The molecule has 0 aliphatic carbocycles. The molecule has 0 bridgehead atoms. The van der Waals surface area contributed by atoms with Gasteiger partial charge in [0.05, 0.1) is 5.75 Å². The summed E-state index contributed by atoms with van der Waals surface area (Å²) in [4.78, 5) is 42.4. The highest BCUT2D eigenvalue weighted by atomic mass is 32.2. The molecule has 7 nitrogen and oxygen atoms in total. The normalized spacial score (nSPS) is 11.2. The lowest BCUT2D eigenvalue weighted by molar-refractivity contribution is -0.116. The molecule has 0 radical (unpaired) electrons. The minimum Gasteiger partial charge on any atom is -0.383 e. The Morgan fingerprint density at radius 2 is 1.79 bits per heavy atom. The van der Waals surface area contributed by atoms with E-state index in [2.05, 4.69) is 4.98 Å². The summed E-state index contributed by atoms with van der Waals surface area (Å²) in [6, 6.07) is 9.57. The zero-order valence-corrected chi connectivity index (χ0v) is 17.6. The number of nitrogens with one attached hydrogen (secondary N) is 1. The van der Waals surface area contributed by atoms with Crippen LogP contribution in [0.4, 0.5) is 11.5 Å². The van der Waals surface area contributed by atoms with Gasteiger partial charge >= 0.3 is 5.69 Å². The van der Waals surface area contributed by atoms with E-state index in [4.69, 9.17) is 5.73 Å². The van der Waals surface area contributed by atoms with Crippen LogP contribution in [0.25, 0.3) is 0 Å². The van der Waals surface area contributed by atoms with Gasteiger partial charge in [0, 0.05) is 18.0 Å². The van der Waals surface area contributed by atoms with Crippen molar-refractivity contribution in [1.82, 2.24) is 9.55 Å². The van der Waals surface area contributed by atoms with Gasteiger partial charge in [-0.15, -0.1) is 11.8 Å². The van der Waals surface area contributed by atoms with Crippen molar-refractivity contribution in [2.75, 3.05) is 22.9 Å². The lowest BCUT2D eigenvalue weighted by Gasteiger charge is -2.26. The van der Waals surface area contributed by atoms with Crippen molar-refractivity contribution in [2.45, 2.75) is 39.1 Å². The van der Waals surface area contributed by atoms with Gasteiger partial charge in [-0.2, -0.15) is 0 Å². The second kappa shape index (κ2) is 9.64. The molecule has 3 N–H and O–H groups in total. The standard InChI is InChI=1S/C20H28N4O3S/c1-13(2)10-23(16(25)12-28-15-8-6-5-7-9-15)17-18(21)24(11-14(3)4)20(27)22-19(17)26/h5-9,13-14H,10-12,21H2,1-4H3,(H,22,26,27). The summed E-state index contributed by atoms with van der Waals surface area (Å²) >= 11 is 1.40. The zero-order chi connectivity index (χ0) is 20.8. The molecule has 1 aromatic heterocycles. The fraction of sp³-hybridized carbons (Fsp3) is 0.450. The van der Waals surface area contributed by atoms with Crippen LogP contribution in [0.2, 0.25) is 0 Å². The van der Waals surface area contributed by atoms with E-state index < -0.39 is 11.2 Å². The second-order valence-corrected chi connectivity index (χ2v) is 8.55. The number of carbonyl (C=O) groups excluding carboxylic acids is 1. The molecule has 152 valence electrons. The highest BCUT2D eigenvalue weighted by Gasteiger charge is 2.25. The van der Waals surface area contributed by atoms with Gasteiger partial charge in [0.1, 0.15) is 5.82 Å². The van der Waals surface area contributed by atoms with Crippen LogP contribution >= 0.6 is 11.8 Å². The molecule has 1 amide bonds. The molecule has 0 aliphatic heterocycles. The van der Waals surface area contributed by atoms with E-state index in [1.807, 2.05) is 58.0 Å². The quantitative estimate of drug-likeness (QED) is 0.659. The Morgan fingerprint density at radius 3 is 2.36 bits per heavy atom. The number of nitrogens with zero attached hydrogens (tertiary/aromatic N) is 2. The van der Waals surface area contributed by atoms with Crippen LogP contribution in [0.3, 0.4) is 0 Å². The molecule has 2 rings (SSSR count). The molecule has 0 spiro atoms. The van der Waals surface area contributed by atoms with Crippen molar-refractivity contribution in [2.24, 2.45) is 11.8 Å². The molecule has 0 saturated carbocycles. The number of H-pyrrole nitrogens is 1. The largest absolute Gasteiger partial charge is 0.383 e. The number of nitrogens with two attached hydrogens (primary N) is 1. The van der Waals surface area contributed by atoms with Gasteiger partial charge in [-0.1, -0.05) is 45.9 Å². The van der Waals surface area contributed by atoms with E-state index in [9.17, 15) is 14.4 Å². The van der Waals surface area contributed by atoms with Gasteiger partial charge in [-0.25, -0.2) is 4.79 Å². The molecule has 0 atom stereocenters. The van der Waals surface area contributed by atoms with Crippen LogP contribution in [-0.4, -0.2) is 27.8 Å². The summed E-state index contributed by atoms with van der Waals surface area (Å²) in [6.45, 7) is 8.50. The van der Waals surface area contributed by atoms with Crippen molar-refractivity contribution in [1.29, 1.82) is 0 Å². The van der Waals surface area contributed by atoms with Crippen LogP contribution in [0.15, 0.2) is 44.8 Å². The number of aromatic nitrogens is 2. The van der Waals surface area contributed by atoms with Gasteiger partial charge in [0.25, 0.3) is 5.56 Å². The topological polar surface area (TPSA) is 101 Å². The lowest BCUT2D eigenvalue weighted by atomic mass is 10.2. The first-order valence-corrected chi connectivity index (χ1v) is 10.3. The van der Waals surface area contributed by atoms with Crippen molar-refractivity contribution < 1.29 is 4.79 Å². The van der Waals surface area contributed by atoms with Crippen LogP contribution in [-0.2, 0) is 11.3 Å². The molecule has 0 fully saturated rings. The van der Waals surface area contributed by atoms with Gasteiger partial charge in [-0.3, -0.25) is 19.1 Å². The number of thioether (sulfide) groups is 1. The number of rotatable bonds is 8. The smallest absolute Gasteiger partial charge is 0.330 e. The molecule has 2 aromatic rings.